The molecule has 1 aromatic heterocycles. The van der Waals surface area contributed by atoms with Gasteiger partial charge in [0.15, 0.2) is 0 Å². The summed E-state index contributed by atoms with van der Waals surface area (Å²) in [6, 6.07) is 14.0. The summed E-state index contributed by atoms with van der Waals surface area (Å²) in [5, 5.41) is 3.46. The van der Waals surface area contributed by atoms with E-state index in [9.17, 15) is 0 Å². The first-order chi connectivity index (χ1) is 27.5. The predicted octanol–water partition coefficient (Wildman–Crippen LogP) is 8.74. The molecule has 0 aliphatic carbocycles. The van der Waals surface area contributed by atoms with Crippen molar-refractivity contribution in [3.8, 4) is 0 Å². The molecule has 8 bridgehead atoms. The molecule has 1 fully saturated rings. The van der Waals surface area contributed by atoms with Crippen LogP contribution in [-0.2, 0) is 9.47 Å². The van der Waals surface area contributed by atoms with Gasteiger partial charge in [-0.1, -0.05) is 36.4 Å². The summed E-state index contributed by atoms with van der Waals surface area (Å²) in [5.41, 5.74) is 14.1. The van der Waals surface area contributed by atoms with Crippen LogP contribution in [0.15, 0.2) is 160 Å². The molecule has 7 heterocycles. The van der Waals surface area contributed by atoms with Crippen LogP contribution >= 0.6 is 0 Å². The Balaban J connectivity index is 1.29. The third kappa shape index (κ3) is 7.75. The van der Waals surface area contributed by atoms with Gasteiger partial charge in [-0.25, -0.2) is 15.0 Å². The summed E-state index contributed by atoms with van der Waals surface area (Å²) in [6.45, 7) is 11.1. The van der Waals surface area contributed by atoms with E-state index in [0.29, 0.717) is 32.5 Å². The van der Waals surface area contributed by atoms with E-state index in [1.165, 1.54) is 18.4 Å². The van der Waals surface area contributed by atoms with E-state index < -0.39 is 0 Å². The van der Waals surface area contributed by atoms with Gasteiger partial charge < -0.3 is 24.7 Å². The van der Waals surface area contributed by atoms with E-state index in [-0.39, 0.29) is 0 Å². The van der Waals surface area contributed by atoms with Crippen LogP contribution in [0.4, 0.5) is 0 Å². The Hall–Kier alpha value is -5.61. The Labute approximate surface area is 330 Å². The molecule has 8 rings (SSSR count). The van der Waals surface area contributed by atoms with Crippen molar-refractivity contribution in [2.45, 2.75) is 44.6 Å². The quantitative estimate of drug-likeness (QED) is 0.149. The van der Waals surface area contributed by atoms with Gasteiger partial charge in [0.2, 0.25) is 0 Å². The lowest BCUT2D eigenvalue weighted by Gasteiger charge is -2.20. The van der Waals surface area contributed by atoms with Crippen molar-refractivity contribution in [3.63, 3.8) is 0 Å². The van der Waals surface area contributed by atoms with Crippen molar-refractivity contribution in [3.05, 3.63) is 167 Å². The Morgan fingerprint density at radius 3 is 2.00 bits per heavy atom. The molecular weight excluding hydrogens is 695 g/mol. The second-order valence-electron chi connectivity index (χ2n) is 14.8. The van der Waals surface area contributed by atoms with Crippen LogP contribution in [0.25, 0.3) is 11.1 Å². The number of aromatic amines is 1. The van der Waals surface area contributed by atoms with Crippen molar-refractivity contribution in [1.82, 2.24) is 20.1 Å². The third-order valence-electron chi connectivity index (χ3n) is 11.0. The average molecular weight is 746 g/mol. The zero-order chi connectivity index (χ0) is 38.4. The van der Waals surface area contributed by atoms with E-state index in [0.717, 1.165) is 112 Å². The van der Waals surface area contributed by atoms with Crippen LogP contribution in [0.3, 0.4) is 0 Å². The highest BCUT2D eigenvalue weighted by Crippen LogP contribution is 2.38. The summed E-state index contributed by atoms with van der Waals surface area (Å²) in [7, 11) is 4.27. The molecule has 0 amide bonds. The van der Waals surface area contributed by atoms with Crippen molar-refractivity contribution in [2.75, 3.05) is 47.1 Å². The summed E-state index contributed by atoms with van der Waals surface area (Å²) in [6.07, 6.45) is 25.9. The number of benzene rings is 1. The van der Waals surface area contributed by atoms with Gasteiger partial charge in [-0.05, 0) is 112 Å². The lowest BCUT2D eigenvalue weighted by atomic mass is 9.96. The first-order valence-electron chi connectivity index (χ1n) is 19.8. The number of H-pyrrole nitrogens is 1. The van der Waals surface area contributed by atoms with Gasteiger partial charge >= 0.3 is 0 Å². The predicted molar refractivity (Wildman–Crippen MR) is 229 cm³/mol. The smallest absolute Gasteiger partial charge is 0.121 e. The monoisotopic (exact) mass is 745 g/mol. The van der Waals surface area contributed by atoms with Crippen LogP contribution in [0.2, 0.25) is 0 Å². The number of aliphatic imine (C=N–C) groups is 3. The second-order valence-corrected chi connectivity index (χ2v) is 14.8. The number of hydrogen-bond donors (Lipinski definition) is 2. The fraction of sp³-hybridized carbons (Fsp3) is 0.298. The summed E-state index contributed by atoms with van der Waals surface area (Å²) < 4.78 is 11.6. The Kier molecular flexibility index (Phi) is 11.4. The summed E-state index contributed by atoms with van der Waals surface area (Å²) in [5.74, 6) is 0.930. The molecule has 1 aromatic carbocycles. The third-order valence-corrected chi connectivity index (χ3v) is 11.0. The van der Waals surface area contributed by atoms with Crippen molar-refractivity contribution < 1.29 is 9.47 Å². The van der Waals surface area contributed by atoms with Crippen molar-refractivity contribution in [2.24, 2.45) is 15.0 Å². The van der Waals surface area contributed by atoms with E-state index in [2.05, 4.69) is 113 Å². The molecule has 286 valence electrons. The van der Waals surface area contributed by atoms with Gasteiger partial charge in [0.1, 0.15) is 5.82 Å². The minimum absolute atomic E-state index is 0.452. The molecule has 6 aliphatic rings. The number of likely N-dealkylation sites (tertiary alicyclic amines) is 1. The van der Waals surface area contributed by atoms with Crippen LogP contribution < -0.4 is 5.32 Å². The van der Waals surface area contributed by atoms with Gasteiger partial charge in [0.25, 0.3) is 0 Å². The molecule has 0 radical (unpaired) electrons. The van der Waals surface area contributed by atoms with Crippen LogP contribution in [0, 0.1) is 0 Å². The number of allylic oxidation sites excluding steroid dienone is 9. The standard InChI is InChI=1S/C47H51N7O2/c1-5-28-55-30-8-10-34-36-17-21-40(49-36)45(33-15-13-32(14-16-33)44-12-7-26-53(44)3)41-22-18-37(50-41)35(11-9-31-56-29-6-2)39-20-24-43(52-39)46(42-23-19-38(34)51-42)47-48-25-27-54(47)4/h5-6,13-25,27,44,48-49H,1-2,7-12,26,28-31H2,3-4H3/b38-34?,39-35?,45-41?,47-46+. The lowest BCUT2D eigenvalue weighted by Crippen LogP contribution is -2.23. The van der Waals surface area contributed by atoms with Crippen LogP contribution in [0.5, 0.6) is 0 Å². The Morgan fingerprint density at radius 1 is 0.732 bits per heavy atom. The fourth-order valence-electron chi connectivity index (χ4n) is 8.22. The molecular formula is C47H51N7O2. The largest absolute Gasteiger partial charge is 0.377 e. The van der Waals surface area contributed by atoms with E-state index in [4.69, 9.17) is 24.5 Å². The highest BCUT2D eigenvalue weighted by atomic mass is 16.5. The summed E-state index contributed by atoms with van der Waals surface area (Å²) >= 11 is 0. The SMILES string of the molecule is C=CCOCCCC1=C2C=CC(=N2)/C(=C2\NC=CN2C)C2=NC(=C(CCCOCC=C)c3ccc([nH]3)C(c3ccc(C4CCCN4C)cc3)=C3C=CC1=N3)C=C2. The highest BCUT2D eigenvalue weighted by molar-refractivity contribution is 6.34. The number of nitrogens with one attached hydrogen (secondary N) is 2. The van der Waals surface area contributed by atoms with Crippen LogP contribution in [0.1, 0.15) is 67.1 Å². The van der Waals surface area contributed by atoms with Gasteiger partial charge in [-0.3, -0.25) is 4.90 Å². The number of ether oxygens (including phenoxy) is 2. The maximum Gasteiger partial charge on any atom is 0.121 e. The maximum atomic E-state index is 5.82. The normalized spacial score (nSPS) is 21.5. The molecule has 1 atom stereocenters. The number of rotatable bonds is 14. The topological polar surface area (TPSA) is 89.8 Å². The molecule has 0 saturated carbocycles. The lowest BCUT2D eigenvalue weighted by molar-refractivity contribution is 0.160. The number of fused-ring (bicyclic) bond motifs is 5. The molecule has 56 heavy (non-hydrogen) atoms. The summed E-state index contributed by atoms with van der Waals surface area (Å²) in [4.78, 5) is 24.5. The zero-order valence-corrected chi connectivity index (χ0v) is 32.6. The van der Waals surface area contributed by atoms with Gasteiger partial charge in [-0.2, -0.15) is 0 Å². The highest BCUT2D eigenvalue weighted by Gasteiger charge is 2.28. The fourth-order valence-corrected chi connectivity index (χ4v) is 8.22. The molecule has 1 unspecified atom stereocenters. The van der Waals surface area contributed by atoms with Gasteiger partial charge in [0.05, 0.1) is 53.0 Å². The van der Waals surface area contributed by atoms with E-state index >= 15 is 0 Å². The molecule has 2 aromatic rings. The van der Waals surface area contributed by atoms with Crippen LogP contribution in [-0.4, -0.2) is 79.0 Å². The molecule has 9 heteroatoms. The Bertz CT molecular complexity index is 2230. The van der Waals surface area contributed by atoms with Crippen molar-refractivity contribution in [1.29, 1.82) is 0 Å². The number of hydrogen-bond acceptors (Lipinski definition) is 8. The minimum atomic E-state index is 0.452. The van der Waals surface area contributed by atoms with Gasteiger partial charge in [0, 0.05) is 66.8 Å². The van der Waals surface area contributed by atoms with Crippen molar-refractivity contribution >= 4 is 28.3 Å². The number of nitrogens with zero attached hydrogens (tertiary/aromatic N) is 5. The van der Waals surface area contributed by atoms with E-state index in [1.807, 2.05) is 19.4 Å². The first-order valence-corrected chi connectivity index (χ1v) is 19.8. The maximum absolute atomic E-state index is 5.82. The average Bonchev–Trinajstić information content (AvgIpc) is 4.07. The zero-order valence-electron chi connectivity index (χ0n) is 32.6. The second kappa shape index (κ2) is 17.0. The molecule has 0 spiro atoms. The Morgan fingerprint density at radius 2 is 1.36 bits per heavy atom. The minimum Gasteiger partial charge on any atom is -0.377 e. The molecule has 6 aliphatic heterocycles. The molecule has 9 nitrogen and oxygen atoms in total. The first kappa shape index (κ1) is 37.3. The number of aromatic nitrogens is 1. The molecule has 2 N–H and O–H groups in total. The van der Waals surface area contributed by atoms with Gasteiger partial charge in [-0.15, -0.1) is 13.2 Å². The van der Waals surface area contributed by atoms with E-state index in [1.54, 1.807) is 12.2 Å². The molecule has 1 saturated heterocycles.